The number of aryl methyl sites for hydroxylation is 2. The second-order valence-corrected chi connectivity index (χ2v) is 5.69. The first-order valence-electron chi connectivity index (χ1n) is 6.86. The van der Waals surface area contributed by atoms with Crippen LogP contribution in [0.3, 0.4) is 0 Å². The summed E-state index contributed by atoms with van der Waals surface area (Å²) >= 11 is 3.72. The van der Waals surface area contributed by atoms with Gasteiger partial charge in [0, 0.05) is 38.8 Å². The van der Waals surface area contributed by atoms with E-state index in [1.54, 1.807) is 0 Å². The number of hydrogen-bond donors (Lipinski definition) is 1. The van der Waals surface area contributed by atoms with E-state index >= 15 is 0 Å². The van der Waals surface area contributed by atoms with Crippen LogP contribution in [-0.4, -0.2) is 40.4 Å². The molecule has 0 spiro atoms. The van der Waals surface area contributed by atoms with E-state index in [1.165, 1.54) is 15.9 Å². The van der Waals surface area contributed by atoms with Crippen LogP contribution in [0.4, 0.5) is 0 Å². The average Bonchev–Trinajstić information content (AvgIpc) is 2.69. The Bertz CT molecular complexity index is 402. The van der Waals surface area contributed by atoms with Crippen molar-refractivity contribution in [3.05, 3.63) is 15.9 Å². The standard InChI is InChI=1S/C13H23BrN4/c1-4-11-13(14)12(18(5-2)16-11)9-17-7-6-15-8-10(17)3/h10,15H,4-9H2,1-3H3/t10-/m1/s1. The number of rotatable bonds is 4. The molecule has 0 aromatic carbocycles. The molecular weight excluding hydrogens is 292 g/mol. The van der Waals surface area contributed by atoms with Gasteiger partial charge in [-0.15, -0.1) is 0 Å². The van der Waals surface area contributed by atoms with Gasteiger partial charge in [-0.3, -0.25) is 9.58 Å². The predicted molar refractivity (Wildman–Crippen MR) is 77.7 cm³/mol. The van der Waals surface area contributed by atoms with E-state index < -0.39 is 0 Å². The fourth-order valence-corrected chi connectivity index (χ4v) is 3.17. The van der Waals surface area contributed by atoms with Crippen LogP contribution in [0, 0.1) is 0 Å². The number of nitrogens with one attached hydrogen (secondary N) is 1. The van der Waals surface area contributed by atoms with Crippen molar-refractivity contribution in [3.63, 3.8) is 0 Å². The fraction of sp³-hybridized carbons (Fsp3) is 0.769. The van der Waals surface area contributed by atoms with E-state index in [2.05, 4.69) is 56.7 Å². The first-order valence-corrected chi connectivity index (χ1v) is 7.65. The van der Waals surface area contributed by atoms with E-state index in [1.807, 2.05) is 0 Å². The van der Waals surface area contributed by atoms with Crippen molar-refractivity contribution in [2.24, 2.45) is 0 Å². The van der Waals surface area contributed by atoms with Gasteiger partial charge >= 0.3 is 0 Å². The van der Waals surface area contributed by atoms with E-state index in [4.69, 9.17) is 0 Å². The Morgan fingerprint density at radius 2 is 2.22 bits per heavy atom. The Hall–Kier alpha value is -0.390. The lowest BCUT2D eigenvalue weighted by molar-refractivity contribution is 0.161. The molecule has 0 aliphatic carbocycles. The molecule has 1 aromatic rings. The third-order valence-electron chi connectivity index (χ3n) is 3.69. The van der Waals surface area contributed by atoms with Crippen molar-refractivity contribution in [1.29, 1.82) is 0 Å². The van der Waals surface area contributed by atoms with Crippen LogP contribution in [0.2, 0.25) is 0 Å². The molecule has 5 heteroatoms. The minimum absolute atomic E-state index is 0.593. The molecule has 1 N–H and O–H groups in total. The Balaban J connectivity index is 2.19. The highest BCUT2D eigenvalue weighted by atomic mass is 79.9. The average molecular weight is 315 g/mol. The lowest BCUT2D eigenvalue weighted by Crippen LogP contribution is -2.49. The number of halogens is 1. The number of aromatic nitrogens is 2. The molecule has 102 valence electrons. The Morgan fingerprint density at radius 3 is 2.83 bits per heavy atom. The van der Waals surface area contributed by atoms with E-state index in [-0.39, 0.29) is 0 Å². The van der Waals surface area contributed by atoms with Crippen molar-refractivity contribution in [1.82, 2.24) is 20.0 Å². The zero-order valence-corrected chi connectivity index (χ0v) is 13.1. The topological polar surface area (TPSA) is 33.1 Å². The minimum Gasteiger partial charge on any atom is -0.314 e. The lowest BCUT2D eigenvalue weighted by Gasteiger charge is -2.33. The summed E-state index contributed by atoms with van der Waals surface area (Å²) in [6.45, 7) is 11.8. The third kappa shape index (κ3) is 2.78. The SMILES string of the molecule is CCc1nn(CC)c(CN2CCNC[C@H]2C)c1Br. The van der Waals surface area contributed by atoms with Gasteiger partial charge in [-0.25, -0.2) is 0 Å². The molecule has 0 unspecified atom stereocenters. The normalized spacial score (nSPS) is 21.4. The smallest absolute Gasteiger partial charge is 0.0767 e. The van der Waals surface area contributed by atoms with Crippen molar-refractivity contribution in [3.8, 4) is 0 Å². The maximum absolute atomic E-state index is 4.66. The highest BCUT2D eigenvalue weighted by molar-refractivity contribution is 9.10. The summed E-state index contributed by atoms with van der Waals surface area (Å²) in [5.41, 5.74) is 2.50. The van der Waals surface area contributed by atoms with Gasteiger partial charge < -0.3 is 5.32 Å². The van der Waals surface area contributed by atoms with Gasteiger partial charge in [0.05, 0.1) is 15.9 Å². The van der Waals surface area contributed by atoms with Gasteiger partial charge in [0.2, 0.25) is 0 Å². The molecule has 1 saturated heterocycles. The molecular formula is C13H23BrN4. The lowest BCUT2D eigenvalue weighted by atomic mass is 10.2. The van der Waals surface area contributed by atoms with Crippen molar-refractivity contribution in [2.75, 3.05) is 19.6 Å². The van der Waals surface area contributed by atoms with Crippen LogP contribution in [0.25, 0.3) is 0 Å². The van der Waals surface area contributed by atoms with Crippen LogP contribution < -0.4 is 5.32 Å². The highest BCUT2D eigenvalue weighted by Crippen LogP contribution is 2.24. The molecule has 0 bridgehead atoms. The van der Waals surface area contributed by atoms with Crippen LogP contribution in [0.5, 0.6) is 0 Å². The third-order valence-corrected chi connectivity index (χ3v) is 4.60. The number of piperazine rings is 1. The van der Waals surface area contributed by atoms with Gasteiger partial charge in [0.15, 0.2) is 0 Å². The van der Waals surface area contributed by atoms with Gasteiger partial charge in [-0.2, -0.15) is 5.10 Å². The van der Waals surface area contributed by atoms with Crippen molar-refractivity contribution in [2.45, 2.75) is 46.3 Å². The fourth-order valence-electron chi connectivity index (χ4n) is 2.48. The van der Waals surface area contributed by atoms with Crippen LogP contribution >= 0.6 is 15.9 Å². The van der Waals surface area contributed by atoms with Crippen molar-refractivity contribution < 1.29 is 0 Å². The summed E-state index contributed by atoms with van der Waals surface area (Å²) in [4.78, 5) is 2.53. The van der Waals surface area contributed by atoms with Crippen LogP contribution in [0.15, 0.2) is 4.47 Å². The molecule has 2 heterocycles. The number of nitrogens with zero attached hydrogens (tertiary/aromatic N) is 3. The zero-order valence-electron chi connectivity index (χ0n) is 11.5. The Morgan fingerprint density at radius 1 is 1.44 bits per heavy atom. The second kappa shape index (κ2) is 6.17. The second-order valence-electron chi connectivity index (χ2n) is 4.90. The minimum atomic E-state index is 0.593. The first-order chi connectivity index (χ1) is 8.67. The number of hydrogen-bond acceptors (Lipinski definition) is 3. The van der Waals surface area contributed by atoms with E-state index in [0.29, 0.717) is 6.04 Å². The molecule has 1 fully saturated rings. The molecule has 4 nitrogen and oxygen atoms in total. The molecule has 1 atom stereocenters. The molecule has 0 saturated carbocycles. The quantitative estimate of drug-likeness (QED) is 0.923. The maximum atomic E-state index is 4.66. The van der Waals surface area contributed by atoms with Crippen LogP contribution in [0.1, 0.15) is 32.2 Å². The molecule has 0 amide bonds. The van der Waals surface area contributed by atoms with Gasteiger partial charge in [0.1, 0.15) is 0 Å². The Kier molecular flexibility index (Phi) is 4.81. The zero-order chi connectivity index (χ0) is 13.1. The molecule has 0 radical (unpaired) electrons. The van der Waals surface area contributed by atoms with E-state index in [9.17, 15) is 0 Å². The molecule has 2 rings (SSSR count). The van der Waals surface area contributed by atoms with E-state index in [0.717, 1.165) is 39.1 Å². The summed E-state index contributed by atoms with van der Waals surface area (Å²) in [5, 5.41) is 8.10. The summed E-state index contributed by atoms with van der Waals surface area (Å²) in [6, 6.07) is 0.593. The first kappa shape index (κ1) is 14.0. The van der Waals surface area contributed by atoms with Gasteiger partial charge in [0.25, 0.3) is 0 Å². The van der Waals surface area contributed by atoms with Gasteiger partial charge in [-0.05, 0) is 36.2 Å². The largest absolute Gasteiger partial charge is 0.314 e. The monoisotopic (exact) mass is 314 g/mol. The molecule has 1 aliphatic heterocycles. The van der Waals surface area contributed by atoms with Crippen LogP contribution in [-0.2, 0) is 19.5 Å². The highest BCUT2D eigenvalue weighted by Gasteiger charge is 2.22. The van der Waals surface area contributed by atoms with Crippen molar-refractivity contribution >= 4 is 15.9 Å². The summed E-state index contributed by atoms with van der Waals surface area (Å²) in [6.07, 6.45) is 0.984. The van der Waals surface area contributed by atoms with Gasteiger partial charge in [-0.1, -0.05) is 6.92 Å². The summed E-state index contributed by atoms with van der Waals surface area (Å²) < 4.78 is 3.34. The maximum Gasteiger partial charge on any atom is 0.0767 e. The molecule has 18 heavy (non-hydrogen) atoms. The predicted octanol–water partition coefficient (Wildman–Crippen LogP) is 2.02. The molecule has 1 aromatic heterocycles. The summed E-state index contributed by atoms with van der Waals surface area (Å²) in [5.74, 6) is 0. The summed E-state index contributed by atoms with van der Waals surface area (Å²) in [7, 11) is 0. The molecule has 1 aliphatic rings. The Labute approximate surface area is 118 Å².